The molecule has 1 saturated heterocycles. The van der Waals surface area contributed by atoms with Gasteiger partial charge in [0, 0.05) is 17.6 Å². The van der Waals surface area contributed by atoms with Crippen LogP contribution in [-0.2, 0) is 14.8 Å². The average Bonchev–Trinajstić information content (AvgIpc) is 2.82. The van der Waals surface area contributed by atoms with Gasteiger partial charge in [-0.1, -0.05) is 12.1 Å². The third-order valence-electron chi connectivity index (χ3n) is 2.91. The number of hydrogen-bond acceptors (Lipinski definition) is 3. The molecule has 1 N–H and O–H groups in total. The second kappa shape index (κ2) is 6.14. The number of sulfonamides is 1. The first-order valence-electron chi connectivity index (χ1n) is 5.95. The predicted octanol–water partition coefficient (Wildman–Crippen LogP) is 2.30. The monoisotopic (exact) mass is 333 g/mol. The SMILES string of the molecule is O=S(=O)(NCC[C@@H]1CCCO1)c1ccccc1Br. The van der Waals surface area contributed by atoms with Gasteiger partial charge in [0.1, 0.15) is 0 Å². The van der Waals surface area contributed by atoms with Crippen LogP contribution in [0.2, 0.25) is 0 Å². The van der Waals surface area contributed by atoms with E-state index < -0.39 is 10.0 Å². The molecule has 0 aromatic heterocycles. The van der Waals surface area contributed by atoms with Crippen LogP contribution in [0.4, 0.5) is 0 Å². The fourth-order valence-electron chi connectivity index (χ4n) is 1.97. The normalized spacial score (nSPS) is 20.2. The Bertz CT molecular complexity index is 498. The molecule has 1 aliphatic heterocycles. The van der Waals surface area contributed by atoms with Gasteiger partial charge in [-0.05, 0) is 47.3 Å². The molecular weight excluding hydrogens is 318 g/mol. The third kappa shape index (κ3) is 3.54. The molecule has 18 heavy (non-hydrogen) atoms. The Balaban J connectivity index is 1.93. The van der Waals surface area contributed by atoms with Crippen molar-refractivity contribution >= 4 is 26.0 Å². The molecule has 0 aliphatic carbocycles. The summed E-state index contributed by atoms with van der Waals surface area (Å²) in [6, 6.07) is 6.79. The molecule has 0 saturated carbocycles. The van der Waals surface area contributed by atoms with Crippen molar-refractivity contribution in [1.82, 2.24) is 4.72 Å². The topological polar surface area (TPSA) is 55.4 Å². The van der Waals surface area contributed by atoms with Gasteiger partial charge in [0.15, 0.2) is 0 Å². The Labute approximate surface area is 116 Å². The van der Waals surface area contributed by atoms with Crippen molar-refractivity contribution in [2.75, 3.05) is 13.2 Å². The van der Waals surface area contributed by atoms with Crippen molar-refractivity contribution in [3.63, 3.8) is 0 Å². The maximum absolute atomic E-state index is 12.0. The Morgan fingerprint density at radius 1 is 1.39 bits per heavy atom. The molecule has 4 nitrogen and oxygen atoms in total. The molecular formula is C12H16BrNO3S. The van der Waals surface area contributed by atoms with E-state index in [4.69, 9.17) is 4.74 Å². The van der Waals surface area contributed by atoms with E-state index in [-0.39, 0.29) is 11.0 Å². The van der Waals surface area contributed by atoms with Gasteiger partial charge in [0.05, 0.1) is 11.0 Å². The zero-order valence-electron chi connectivity index (χ0n) is 9.93. The van der Waals surface area contributed by atoms with Crippen molar-refractivity contribution in [2.24, 2.45) is 0 Å². The Hall–Kier alpha value is -0.430. The molecule has 1 heterocycles. The number of benzene rings is 1. The summed E-state index contributed by atoms with van der Waals surface area (Å²) < 4.78 is 32.7. The maximum atomic E-state index is 12.0. The molecule has 0 amide bonds. The second-order valence-electron chi connectivity index (χ2n) is 4.25. The van der Waals surface area contributed by atoms with Gasteiger partial charge >= 0.3 is 0 Å². The van der Waals surface area contributed by atoms with Gasteiger partial charge in [-0.25, -0.2) is 13.1 Å². The minimum atomic E-state index is -3.44. The van der Waals surface area contributed by atoms with Crippen LogP contribution < -0.4 is 4.72 Å². The van der Waals surface area contributed by atoms with Crippen LogP contribution in [-0.4, -0.2) is 27.7 Å². The van der Waals surface area contributed by atoms with Gasteiger partial charge in [0.2, 0.25) is 10.0 Å². The Morgan fingerprint density at radius 2 is 2.17 bits per heavy atom. The zero-order valence-corrected chi connectivity index (χ0v) is 12.3. The minimum absolute atomic E-state index is 0.201. The van der Waals surface area contributed by atoms with Crippen LogP contribution >= 0.6 is 15.9 Å². The van der Waals surface area contributed by atoms with Gasteiger partial charge < -0.3 is 4.74 Å². The molecule has 0 bridgehead atoms. The van der Waals surface area contributed by atoms with E-state index in [2.05, 4.69) is 20.7 Å². The lowest BCUT2D eigenvalue weighted by Gasteiger charge is -2.11. The highest BCUT2D eigenvalue weighted by molar-refractivity contribution is 9.10. The molecule has 0 spiro atoms. The molecule has 100 valence electrons. The molecule has 6 heteroatoms. The fraction of sp³-hybridized carbons (Fsp3) is 0.500. The van der Waals surface area contributed by atoms with Crippen molar-refractivity contribution in [2.45, 2.75) is 30.3 Å². The van der Waals surface area contributed by atoms with Crippen LogP contribution in [0.25, 0.3) is 0 Å². The highest BCUT2D eigenvalue weighted by Crippen LogP contribution is 2.21. The first-order valence-corrected chi connectivity index (χ1v) is 8.23. The first kappa shape index (κ1) is 14.0. The fourth-order valence-corrected chi connectivity index (χ4v) is 4.02. The highest BCUT2D eigenvalue weighted by atomic mass is 79.9. The summed E-state index contributed by atoms with van der Waals surface area (Å²) in [5.74, 6) is 0. The molecule has 1 atom stereocenters. The summed E-state index contributed by atoms with van der Waals surface area (Å²) in [6.07, 6.45) is 3.02. The van der Waals surface area contributed by atoms with Crippen LogP contribution in [0.5, 0.6) is 0 Å². The molecule has 2 rings (SSSR count). The molecule has 0 radical (unpaired) electrons. The Kier molecular flexibility index (Phi) is 4.77. The van der Waals surface area contributed by atoms with E-state index >= 15 is 0 Å². The summed E-state index contributed by atoms with van der Waals surface area (Å²) >= 11 is 3.25. The molecule has 0 unspecified atom stereocenters. The number of ether oxygens (including phenoxy) is 1. The molecule has 1 aromatic rings. The summed E-state index contributed by atoms with van der Waals surface area (Å²) in [5, 5.41) is 0. The van der Waals surface area contributed by atoms with E-state index in [9.17, 15) is 8.42 Å². The smallest absolute Gasteiger partial charge is 0.241 e. The van der Waals surface area contributed by atoms with E-state index in [0.717, 1.165) is 25.9 Å². The van der Waals surface area contributed by atoms with Crippen LogP contribution in [0.3, 0.4) is 0 Å². The summed E-state index contributed by atoms with van der Waals surface area (Å²) in [5.41, 5.74) is 0. The van der Waals surface area contributed by atoms with Gasteiger partial charge in [-0.15, -0.1) is 0 Å². The number of rotatable bonds is 5. The summed E-state index contributed by atoms with van der Waals surface area (Å²) in [4.78, 5) is 0.275. The lowest BCUT2D eigenvalue weighted by Crippen LogP contribution is -2.27. The van der Waals surface area contributed by atoms with E-state index in [1.54, 1.807) is 24.3 Å². The van der Waals surface area contributed by atoms with Crippen LogP contribution in [0, 0.1) is 0 Å². The largest absolute Gasteiger partial charge is 0.378 e. The van der Waals surface area contributed by atoms with Crippen molar-refractivity contribution in [1.29, 1.82) is 0 Å². The summed E-state index contributed by atoms with van der Waals surface area (Å²) in [7, 11) is -3.44. The number of nitrogens with one attached hydrogen (secondary N) is 1. The molecule has 1 fully saturated rings. The number of hydrogen-bond donors (Lipinski definition) is 1. The molecule has 1 aliphatic rings. The first-order chi connectivity index (χ1) is 8.59. The van der Waals surface area contributed by atoms with Gasteiger partial charge in [-0.3, -0.25) is 0 Å². The summed E-state index contributed by atoms with van der Waals surface area (Å²) in [6.45, 7) is 1.20. The highest BCUT2D eigenvalue weighted by Gasteiger charge is 2.19. The van der Waals surface area contributed by atoms with E-state index in [1.807, 2.05) is 0 Å². The maximum Gasteiger partial charge on any atom is 0.241 e. The zero-order chi connectivity index (χ0) is 13.0. The third-order valence-corrected chi connectivity index (χ3v) is 5.38. The van der Waals surface area contributed by atoms with E-state index in [1.165, 1.54) is 0 Å². The predicted molar refractivity (Wildman–Crippen MR) is 72.9 cm³/mol. The van der Waals surface area contributed by atoms with E-state index in [0.29, 0.717) is 11.0 Å². The second-order valence-corrected chi connectivity index (χ2v) is 6.84. The standard InChI is InChI=1S/C12H16BrNO3S/c13-11-5-1-2-6-12(11)18(15,16)14-8-7-10-4-3-9-17-10/h1-2,5-6,10,14H,3-4,7-9H2/t10-/m0/s1. The average molecular weight is 334 g/mol. The minimum Gasteiger partial charge on any atom is -0.378 e. The molecule has 1 aromatic carbocycles. The lowest BCUT2D eigenvalue weighted by atomic mass is 10.2. The Morgan fingerprint density at radius 3 is 2.83 bits per heavy atom. The quantitative estimate of drug-likeness (QED) is 0.899. The lowest BCUT2D eigenvalue weighted by molar-refractivity contribution is 0.105. The van der Waals surface area contributed by atoms with Gasteiger partial charge in [-0.2, -0.15) is 0 Å². The van der Waals surface area contributed by atoms with Crippen molar-refractivity contribution in [3.05, 3.63) is 28.7 Å². The van der Waals surface area contributed by atoms with Crippen LogP contribution in [0.1, 0.15) is 19.3 Å². The van der Waals surface area contributed by atoms with Gasteiger partial charge in [0.25, 0.3) is 0 Å². The van der Waals surface area contributed by atoms with Crippen molar-refractivity contribution < 1.29 is 13.2 Å². The van der Waals surface area contributed by atoms with Crippen molar-refractivity contribution in [3.8, 4) is 0 Å². The number of halogens is 1. The van der Waals surface area contributed by atoms with Crippen LogP contribution in [0.15, 0.2) is 33.6 Å².